The number of rotatable bonds is 49. The van der Waals surface area contributed by atoms with E-state index in [2.05, 4.69) is 43.5 Å². The van der Waals surface area contributed by atoms with Crippen LogP contribution in [-0.2, 0) is 9.59 Å². The molecule has 0 aliphatic heterocycles. The number of carbonyl (C=O) groups excluding carboxylic acids is 2. The molecule has 0 fully saturated rings. The van der Waals surface area contributed by atoms with Crippen LogP contribution in [0.15, 0.2) is 24.3 Å². The number of carbonyl (C=O) groups is 2. The highest BCUT2D eigenvalue weighted by Crippen LogP contribution is 2.17. The number of unbranched alkanes of at least 4 members (excludes halogenated alkanes) is 35. The Morgan fingerprint density at radius 3 is 1.10 bits per heavy atom. The summed E-state index contributed by atoms with van der Waals surface area (Å²) < 4.78 is 0. The first-order valence-electron chi connectivity index (χ1n) is 26.4. The van der Waals surface area contributed by atoms with Crippen LogP contribution < -0.4 is 5.32 Å². The number of ketones is 1. The number of hydrogen-bond donors (Lipinski definition) is 2. The Hall–Kier alpha value is -1.42. The Morgan fingerprint density at radius 2 is 0.707 bits per heavy atom. The van der Waals surface area contributed by atoms with E-state index >= 15 is 0 Å². The quantitative estimate of drug-likeness (QED) is 0.0475. The predicted octanol–water partition coefficient (Wildman–Crippen LogP) is 17.3. The third-order valence-corrected chi connectivity index (χ3v) is 12.3. The molecule has 0 radical (unpaired) electrons. The maximum Gasteiger partial charge on any atom is 0.220 e. The molecular weight excluding hydrogens is 711 g/mol. The summed E-state index contributed by atoms with van der Waals surface area (Å²) in [6.45, 7) is 4.60. The van der Waals surface area contributed by atoms with E-state index in [1.54, 1.807) is 0 Å². The molecule has 4 heteroatoms. The van der Waals surface area contributed by atoms with Crippen molar-refractivity contribution in [2.75, 3.05) is 6.61 Å². The second-order valence-electron chi connectivity index (χ2n) is 18.2. The smallest absolute Gasteiger partial charge is 0.220 e. The van der Waals surface area contributed by atoms with E-state index in [1.807, 2.05) is 0 Å². The second kappa shape index (κ2) is 49.9. The molecule has 0 bridgehead atoms. The van der Waals surface area contributed by atoms with Crippen molar-refractivity contribution in [1.29, 1.82) is 0 Å². The van der Waals surface area contributed by atoms with Crippen LogP contribution in [0, 0.1) is 0 Å². The molecule has 0 saturated carbocycles. The molecule has 0 unspecified atom stereocenters. The largest absolute Gasteiger partial charge is 0.394 e. The highest BCUT2D eigenvalue weighted by molar-refractivity contribution is 5.78. The standard InChI is InChI=1S/C54H103NO3/c1-3-5-7-9-11-13-15-17-19-21-23-27-31-35-39-43-47-52(51-56)55-54(58)50-46-42-38-34-30-26-22-25-29-33-37-41-45-49-53(57)48-44-40-36-32-28-24-20-18-16-14-12-10-8-6-4-2/h12,14,18,20,52,56H,3-11,13,15-17,19,21-51H2,1-2H3,(H,55,58)/b14-12-,20-18-/t52-/m0/s1. The molecule has 0 aromatic rings. The fourth-order valence-electron chi connectivity index (χ4n) is 8.26. The Morgan fingerprint density at radius 1 is 0.397 bits per heavy atom. The fourth-order valence-corrected chi connectivity index (χ4v) is 8.26. The minimum atomic E-state index is -0.0702. The van der Waals surface area contributed by atoms with Gasteiger partial charge in [0.1, 0.15) is 5.78 Å². The average molecular weight is 814 g/mol. The molecule has 1 amide bonds. The van der Waals surface area contributed by atoms with Gasteiger partial charge in [0.05, 0.1) is 12.6 Å². The summed E-state index contributed by atoms with van der Waals surface area (Å²) in [5.41, 5.74) is 0. The number of amides is 1. The van der Waals surface area contributed by atoms with E-state index < -0.39 is 0 Å². The number of hydrogen-bond acceptors (Lipinski definition) is 3. The molecule has 0 rings (SSSR count). The number of Topliss-reactive ketones (excluding diaryl/α,β-unsaturated/α-hetero) is 1. The number of allylic oxidation sites excluding steroid dienone is 4. The molecule has 1 atom stereocenters. The summed E-state index contributed by atoms with van der Waals surface area (Å²) in [6.07, 6.45) is 64.0. The maximum absolute atomic E-state index is 12.4. The van der Waals surface area contributed by atoms with Gasteiger partial charge in [-0.25, -0.2) is 0 Å². The van der Waals surface area contributed by atoms with Crippen LogP contribution in [0.4, 0.5) is 0 Å². The van der Waals surface area contributed by atoms with E-state index in [0.29, 0.717) is 12.2 Å². The summed E-state index contributed by atoms with van der Waals surface area (Å²) in [6, 6.07) is -0.0702. The van der Waals surface area contributed by atoms with Crippen LogP contribution in [0.2, 0.25) is 0 Å². The summed E-state index contributed by atoms with van der Waals surface area (Å²) in [7, 11) is 0. The number of nitrogens with one attached hydrogen (secondary N) is 1. The summed E-state index contributed by atoms with van der Waals surface area (Å²) in [5.74, 6) is 0.606. The van der Waals surface area contributed by atoms with Gasteiger partial charge in [-0.3, -0.25) is 9.59 Å². The first kappa shape index (κ1) is 56.6. The van der Waals surface area contributed by atoms with Crippen molar-refractivity contribution in [2.24, 2.45) is 0 Å². The highest BCUT2D eigenvalue weighted by Gasteiger charge is 2.11. The number of aliphatic hydroxyl groups excluding tert-OH is 1. The topological polar surface area (TPSA) is 66.4 Å². The lowest BCUT2D eigenvalue weighted by molar-refractivity contribution is -0.122. The van der Waals surface area contributed by atoms with Crippen LogP contribution in [0.5, 0.6) is 0 Å². The highest BCUT2D eigenvalue weighted by atomic mass is 16.3. The van der Waals surface area contributed by atoms with Gasteiger partial charge in [0.25, 0.3) is 0 Å². The average Bonchev–Trinajstić information content (AvgIpc) is 3.22. The van der Waals surface area contributed by atoms with Gasteiger partial charge in [0, 0.05) is 19.3 Å². The first-order valence-corrected chi connectivity index (χ1v) is 26.4. The minimum absolute atomic E-state index is 0.0584. The molecule has 0 aliphatic carbocycles. The van der Waals surface area contributed by atoms with Crippen molar-refractivity contribution in [3.05, 3.63) is 24.3 Å². The van der Waals surface area contributed by atoms with E-state index in [0.717, 1.165) is 57.8 Å². The minimum Gasteiger partial charge on any atom is -0.394 e. The Bertz CT molecular complexity index is 882. The summed E-state index contributed by atoms with van der Waals surface area (Å²) in [4.78, 5) is 24.7. The van der Waals surface area contributed by atoms with E-state index in [4.69, 9.17) is 0 Å². The first-order chi connectivity index (χ1) is 28.6. The van der Waals surface area contributed by atoms with Gasteiger partial charge in [0.2, 0.25) is 5.91 Å². The van der Waals surface area contributed by atoms with Crippen molar-refractivity contribution >= 4 is 11.7 Å². The maximum atomic E-state index is 12.4. The lowest BCUT2D eigenvalue weighted by Crippen LogP contribution is -2.37. The molecule has 0 aromatic carbocycles. The van der Waals surface area contributed by atoms with Crippen LogP contribution >= 0.6 is 0 Å². The Kier molecular flexibility index (Phi) is 48.7. The SMILES string of the molecule is CCCCC/C=C\C/C=C\CCCCCCCC(=O)CCCCCCCCCCCCCCCC(=O)N[C@H](CO)CCCCCCCCCCCCCCCCCC. The molecule has 2 N–H and O–H groups in total. The molecule has 0 heterocycles. The van der Waals surface area contributed by atoms with Crippen molar-refractivity contribution < 1.29 is 14.7 Å². The van der Waals surface area contributed by atoms with Crippen molar-refractivity contribution in [3.63, 3.8) is 0 Å². The second-order valence-corrected chi connectivity index (χ2v) is 18.2. The fraction of sp³-hybridized carbons (Fsp3) is 0.889. The van der Waals surface area contributed by atoms with Crippen molar-refractivity contribution in [2.45, 2.75) is 302 Å². The van der Waals surface area contributed by atoms with Gasteiger partial charge < -0.3 is 10.4 Å². The monoisotopic (exact) mass is 814 g/mol. The van der Waals surface area contributed by atoms with Crippen LogP contribution in [0.25, 0.3) is 0 Å². The molecule has 342 valence electrons. The molecule has 58 heavy (non-hydrogen) atoms. The van der Waals surface area contributed by atoms with E-state index in [9.17, 15) is 14.7 Å². The molecule has 0 spiro atoms. The van der Waals surface area contributed by atoms with Gasteiger partial charge in [0.15, 0.2) is 0 Å². The van der Waals surface area contributed by atoms with Crippen molar-refractivity contribution in [3.8, 4) is 0 Å². The van der Waals surface area contributed by atoms with Gasteiger partial charge in [-0.05, 0) is 57.8 Å². The zero-order valence-electron chi connectivity index (χ0n) is 39.5. The zero-order chi connectivity index (χ0) is 42.1. The molecular formula is C54H103NO3. The molecule has 0 aromatic heterocycles. The van der Waals surface area contributed by atoms with E-state index in [-0.39, 0.29) is 18.6 Å². The Balaban J connectivity index is 3.39. The normalized spacial score (nSPS) is 12.3. The van der Waals surface area contributed by atoms with Crippen LogP contribution in [-0.4, -0.2) is 29.4 Å². The van der Waals surface area contributed by atoms with Gasteiger partial charge in [-0.15, -0.1) is 0 Å². The zero-order valence-corrected chi connectivity index (χ0v) is 39.5. The molecule has 0 saturated heterocycles. The molecule has 4 nitrogen and oxygen atoms in total. The lowest BCUT2D eigenvalue weighted by Gasteiger charge is -2.16. The van der Waals surface area contributed by atoms with Gasteiger partial charge in [-0.2, -0.15) is 0 Å². The third-order valence-electron chi connectivity index (χ3n) is 12.3. The molecule has 0 aliphatic rings. The number of aliphatic hydroxyl groups is 1. The lowest BCUT2D eigenvalue weighted by atomic mass is 10.0. The summed E-state index contributed by atoms with van der Waals surface area (Å²) >= 11 is 0. The third kappa shape index (κ3) is 47.3. The Labute approximate surface area is 363 Å². The van der Waals surface area contributed by atoms with Gasteiger partial charge >= 0.3 is 0 Å². The summed E-state index contributed by atoms with van der Waals surface area (Å²) in [5, 5.41) is 12.9. The van der Waals surface area contributed by atoms with Crippen LogP contribution in [0.3, 0.4) is 0 Å². The van der Waals surface area contributed by atoms with Crippen molar-refractivity contribution in [1.82, 2.24) is 5.32 Å². The van der Waals surface area contributed by atoms with Gasteiger partial charge in [-0.1, -0.05) is 244 Å². The van der Waals surface area contributed by atoms with E-state index in [1.165, 1.54) is 218 Å². The van der Waals surface area contributed by atoms with Crippen LogP contribution in [0.1, 0.15) is 296 Å². The predicted molar refractivity (Wildman–Crippen MR) is 257 cm³/mol.